The predicted molar refractivity (Wildman–Crippen MR) is 103 cm³/mol. The molecule has 3 atom stereocenters. The molecule has 1 aromatic heterocycles. The van der Waals surface area contributed by atoms with Crippen molar-refractivity contribution in [2.45, 2.75) is 44.2 Å². The van der Waals surface area contributed by atoms with Crippen molar-refractivity contribution in [3.05, 3.63) is 33.8 Å². The molecule has 4 heterocycles. The third kappa shape index (κ3) is 3.34. The molecule has 3 aliphatic rings. The average Bonchev–Trinajstić information content (AvgIpc) is 3.47. The molecule has 0 radical (unpaired) electrons. The number of hydrazine groups is 1. The standard InChI is InChI=1S/C19H23N5O3S/c1-11-20-23-18(28-11)13-3-2-6-24(9-13)19(25)15-8-14(21-22-15)12-4-5-16-17(7-12)27-10-26-16/h4-5,7,13-15,21-22H,2-3,6,8-10H2,1H3. The quantitative estimate of drug-likeness (QED) is 0.812. The van der Waals surface area contributed by atoms with Crippen molar-refractivity contribution in [2.24, 2.45) is 0 Å². The third-order valence-electron chi connectivity index (χ3n) is 5.62. The van der Waals surface area contributed by atoms with E-state index >= 15 is 0 Å². The zero-order chi connectivity index (χ0) is 19.1. The Morgan fingerprint density at radius 3 is 3.00 bits per heavy atom. The van der Waals surface area contributed by atoms with Gasteiger partial charge in [-0.05, 0) is 43.9 Å². The fourth-order valence-corrected chi connectivity index (χ4v) is 4.97. The lowest BCUT2D eigenvalue weighted by Crippen LogP contribution is -2.48. The number of aryl methyl sites for hydroxylation is 1. The molecular formula is C19H23N5O3S. The van der Waals surface area contributed by atoms with E-state index < -0.39 is 0 Å². The molecule has 0 saturated carbocycles. The molecular weight excluding hydrogens is 378 g/mol. The van der Waals surface area contributed by atoms with Crippen LogP contribution in [0.2, 0.25) is 0 Å². The van der Waals surface area contributed by atoms with Gasteiger partial charge in [-0.1, -0.05) is 6.07 Å². The second-order valence-electron chi connectivity index (χ2n) is 7.52. The van der Waals surface area contributed by atoms with E-state index in [0.717, 1.165) is 53.0 Å². The molecule has 2 N–H and O–H groups in total. The van der Waals surface area contributed by atoms with Crippen molar-refractivity contribution >= 4 is 17.2 Å². The monoisotopic (exact) mass is 401 g/mol. The second kappa shape index (κ2) is 7.31. The lowest BCUT2D eigenvalue weighted by Gasteiger charge is -2.33. The van der Waals surface area contributed by atoms with Gasteiger partial charge in [-0.25, -0.2) is 10.9 Å². The van der Waals surface area contributed by atoms with Crippen molar-refractivity contribution < 1.29 is 14.3 Å². The number of aromatic nitrogens is 2. The number of hydrogen-bond acceptors (Lipinski definition) is 8. The number of nitrogens with one attached hydrogen (secondary N) is 2. The molecule has 148 valence electrons. The van der Waals surface area contributed by atoms with Crippen LogP contribution in [-0.4, -0.2) is 46.9 Å². The Hall–Kier alpha value is -2.23. The molecule has 5 rings (SSSR count). The Labute approximate surface area is 167 Å². The van der Waals surface area contributed by atoms with Crippen molar-refractivity contribution in [3.8, 4) is 11.5 Å². The van der Waals surface area contributed by atoms with Crippen LogP contribution in [0.25, 0.3) is 0 Å². The van der Waals surface area contributed by atoms with Crippen LogP contribution in [-0.2, 0) is 4.79 Å². The number of ether oxygens (including phenoxy) is 2. The van der Waals surface area contributed by atoms with Crippen LogP contribution in [0.15, 0.2) is 18.2 Å². The Balaban J connectivity index is 1.23. The van der Waals surface area contributed by atoms with E-state index in [4.69, 9.17) is 9.47 Å². The highest BCUT2D eigenvalue weighted by atomic mass is 32.1. The summed E-state index contributed by atoms with van der Waals surface area (Å²) in [6, 6.07) is 5.77. The molecule has 8 nitrogen and oxygen atoms in total. The van der Waals surface area contributed by atoms with E-state index in [2.05, 4.69) is 21.0 Å². The number of benzene rings is 1. The molecule has 28 heavy (non-hydrogen) atoms. The number of fused-ring (bicyclic) bond motifs is 1. The van der Waals surface area contributed by atoms with Gasteiger partial charge in [-0.3, -0.25) is 4.79 Å². The molecule has 3 unspecified atom stereocenters. The summed E-state index contributed by atoms with van der Waals surface area (Å²) >= 11 is 1.64. The summed E-state index contributed by atoms with van der Waals surface area (Å²) in [5.41, 5.74) is 7.55. The molecule has 2 saturated heterocycles. The summed E-state index contributed by atoms with van der Waals surface area (Å²) in [6.45, 7) is 3.76. The first-order valence-electron chi connectivity index (χ1n) is 9.67. The highest BCUT2D eigenvalue weighted by molar-refractivity contribution is 7.11. The van der Waals surface area contributed by atoms with E-state index in [1.54, 1.807) is 11.3 Å². The zero-order valence-electron chi connectivity index (χ0n) is 15.7. The van der Waals surface area contributed by atoms with Gasteiger partial charge in [0.05, 0.1) is 0 Å². The van der Waals surface area contributed by atoms with Gasteiger partial charge in [-0.2, -0.15) is 0 Å². The fraction of sp³-hybridized carbons (Fsp3) is 0.526. The highest BCUT2D eigenvalue weighted by Gasteiger charge is 2.36. The lowest BCUT2D eigenvalue weighted by molar-refractivity contribution is -0.134. The Morgan fingerprint density at radius 2 is 2.14 bits per heavy atom. The van der Waals surface area contributed by atoms with Gasteiger partial charge in [0.25, 0.3) is 0 Å². The van der Waals surface area contributed by atoms with Gasteiger partial charge in [0.2, 0.25) is 12.7 Å². The summed E-state index contributed by atoms with van der Waals surface area (Å²) < 4.78 is 10.8. The zero-order valence-corrected chi connectivity index (χ0v) is 16.5. The first-order valence-corrected chi connectivity index (χ1v) is 10.5. The minimum atomic E-state index is -0.231. The van der Waals surface area contributed by atoms with Crippen molar-refractivity contribution in [2.75, 3.05) is 19.9 Å². The van der Waals surface area contributed by atoms with E-state index in [-0.39, 0.29) is 24.8 Å². The Bertz CT molecular complexity index is 888. The molecule has 0 spiro atoms. The van der Waals surface area contributed by atoms with E-state index in [1.165, 1.54) is 0 Å². The number of likely N-dealkylation sites (tertiary alicyclic amines) is 1. The normalized spacial score (nSPS) is 26.6. The van der Waals surface area contributed by atoms with Crippen LogP contribution in [0.3, 0.4) is 0 Å². The van der Waals surface area contributed by atoms with Crippen LogP contribution in [0, 0.1) is 6.92 Å². The first-order chi connectivity index (χ1) is 13.7. The summed E-state index contributed by atoms with van der Waals surface area (Å²) in [5, 5.41) is 10.4. The topological polar surface area (TPSA) is 88.6 Å². The summed E-state index contributed by atoms with van der Waals surface area (Å²) in [6.07, 6.45) is 2.77. The summed E-state index contributed by atoms with van der Waals surface area (Å²) in [5.74, 6) is 1.98. The Kier molecular flexibility index (Phi) is 4.65. The van der Waals surface area contributed by atoms with Crippen LogP contribution >= 0.6 is 11.3 Å². The van der Waals surface area contributed by atoms with E-state index in [0.29, 0.717) is 12.3 Å². The number of rotatable bonds is 3. The van der Waals surface area contributed by atoms with Crippen molar-refractivity contribution in [1.82, 2.24) is 25.9 Å². The average molecular weight is 401 g/mol. The lowest BCUT2D eigenvalue weighted by atomic mass is 9.96. The van der Waals surface area contributed by atoms with Gasteiger partial charge < -0.3 is 14.4 Å². The molecule has 0 bridgehead atoms. The number of amides is 1. The van der Waals surface area contributed by atoms with E-state index in [9.17, 15) is 4.79 Å². The minimum absolute atomic E-state index is 0.0647. The highest BCUT2D eigenvalue weighted by Crippen LogP contribution is 2.36. The van der Waals surface area contributed by atoms with Gasteiger partial charge in [0.1, 0.15) is 16.1 Å². The van der Waals surface area contributed by atoms with Crippen molar-refractivity contribution in [1.29, 1.82) is 0 Å². The molecule has 9 heteroatoms. The smallest absolute Gasteiger partial charge is 0.241 e. The largest absolute Gasteiger partial charge is 0.454 e. The maximum Gasteiger partial charge on any atom is 0.241 e. The predicted octanol–water partition coefficient (Wildman–Crippen LogP) is 1.89. The maximum absolute atomic E-state index is 13.1. The van der Waals surface area contributed by atoms with Crippen LogP contribution in [0.4, 0.5) is 0 Å². The number of carbonyl (C=O) groups is 1. The number of nitrogens with zero attached hydrogens (tertiary/aromatic N) is 3. The van der Waals surface area contributed by atoms with Crippen LogP contribution in [0.5, 0.6) is 11.5 Å². The minimum Gasteiger partial charge on any atom is -0.454 e. The summed E-state index contributed by atoms with van der Waals surface area (Å²) in [7, 11) is 0. The van der Waals surface area contributed by atoms with Gasteiger partial charge >= 0.3 is 0 Å². The first kappa shape index (κ1) is 17.8. The van der Waals surface area contributed by atoms with Gasteiger partial charge in [-0.15, -0.1) is 21.5 Å². The second-order valence-corrected chi connectivity index (χ2v) is 8.74. The van der Waals surface area contributed by atoms with Gasteiger partial charge in [0.15, 0.2) is 11.5 Å². The number of carbonyl (C=O) groups excluding carboxylic acids is 1. The third-order valence-corrected chi connectivity index (χ3v) is 6.63. The molecule has 0 aliphatic carbocycles. The van der Waals surface area contributed by atoms with Crippen LogP contribution in [0.1, 0.15) is 46.8 Å². The molecule has 1 aromatic carbocycles. The fourth-order valence-electron chi connectivity index (χ4n) is 4.14. The number of hydrogen-bond donors (Lipinski definition) is 2. The van der Waals surface area contributed by atoms with E-state index in [1.807, 2.05) is 30.0 Å². The van der Waals surface area contributed by atoms with Crippen LogP contribution < -0.4 is 20.3 Å². The molecule has 2 aromatic rings. The molecule has 2 fully saturated rings. The molecule has 3 aliphatic heterocycles. The SMILES string of the molecule is Cc1nnc(C2CCCN(C(=O)C3CC(c4ccc5c(c4)OCO5)NN3)C2)s1. The molecule has 1 amide bonds. The maximum atomic E-state index is 13.1. The van der Waals surface area contributed by atoms with Crippen molar-refractivity contribution in [3.63, 3.8) is 0 Å². The Morgan fingerprint density at radius 1 is 1.25 bits per heavy atom. The van der Waals surface area contributed by atoms with Gasteiger partial charge in [0, 0.05) is 25.0 Å². The number of piperidine rings is 1. The summed E-state index contributed by atoms with van der Waals surface area (Å²) in [4.78, 5) is 15.1.